The molecule has 228 valence electrons. The van der Waals surface area contributed by atoms with Crippen LogP contribution in [0.4, 0.5) is 10.5 Å². The van der Waals surface area contributed by atoms with Crippen molar-refractivity contribution in [3.8, 4) is 0 Å². The second kappa shape index (κ2) is 15.0. The number of fused-ring (bicyclic) bond motifs is 1. The molecule has 43 heavy (non-hydrogen) atoms. The summed E-state index contributed by atoms with van der Waals surface area (Å²) in [4.78, 5) is 64.9. The summed E-state index contributed by atoms with van der Waals surface area (Å²) >= 11 is 0. The van der Waals surface area contributed by atoms with E-state index in [0.29, 0.717) is 41.1 Å². The fraction of sp³-hybridized carbons (Fsp3) is 0.367. The quantitative estimate of drug-likeness (QED) is 0.219. The first-order chi connectivity index (χ1) is 20.6. The predicted molar refractivity (Wildman–Crippen MR) is 165 cm³/mol. The van der Waals surface area contributed by atoms with Crippen molar-refractivity contribution in [3.05, 3.63) is 77.5 Å². The lowest BCUT2D eigenvalue weighted by molar-refractivity contribution is -0.144. The number of hydrogen-bond acceptors (Lipinski definition) is 8. The average molecular weight is 627 g/mol. The molecule has 0 bridgehead atoms. The fourth-order valence-corrected chi connectivity index (χ4v) is 6.95. The second-order valence-electron chi connectivity index (χ2n) is 10.2. The van der Waals surface area contributed by atoms with Gasteiger partial charge < -0.3 is 25.0 Å². The van der Waals surface area contributed by atoms with Crippen LogP contribution >= 0.6 is 21.6 Å². The van der Waals surface area contributed by atoms with Crippen LogP contribution < -0.4 is 10.6 Å². The van der Waals surface area contributed by atoms with E-state index in [2.05, 4.69) is 17.2 Å². The highest BCUT2D eigenvalue weighted by atomic mass is 33.1. The molecule has 1 unspecified atom stereocenters. The number of carbonyl (C=O) groups excluding carboxylic acids is 4. The Hall–Kier alpha value is -3.97. The smallest absolute Gasteiger partial charge is 0.411 e. The molecule has 0 aromatic heterocycles. The van der Waals surface area contributed by atoms with Crippen molar-refractivity contribution in [2.75, 3.05) is 24.2 Å². The standard InChI is InChI=1S/C30H34N4O7S2/c1-19-11-12-25(28(38)31-19)34-17-23-22(29(34)39)9-6-10-24(23)32-30(40)41-13-14-42-43-20(2)15-26(35)33(18-27(36)37)16-21-7-4-3-5-8-21/h3-10,20,25H,1,11-18H2,2H3,(H,31,38)(H,32,40)(H,36,37)/t20-,25?/m0/s1. The van der Waals surface area contributed by atoms with Gasteiger partial charge in [0.25, 0.3) is 5.91 Å². The van der Waals surface area contributed by atoms with E-state index < -0.39 is 18.1 Å². The van der Waals surface area contributed by atoms with Crippen molar-refractivity contribution >= 4 is 57.1 Å². The van der Waals surface area contributed by atoms with E-state index in [-0.39, 0.29) is 55.6 Å². The van der Waals surface area contributed by atoms with Gasteiger partial charge in [-0.2, -0.15) is 0 Å². The minimum absolute atomic E-state index is 0.0879. The molecule has 2 atom stereocenters. The van der Waals surface area contributed by atoms with E-state index in [9.17, 15) is 29.1 Å². The van der Waals surface area contributed by atoms with Gasteiger partial charge in [0.15, 0.2) is 0 Å². The number of allylic oxidation sites excluding steroid dienone is 1. The molecule has 0 spiro atoms. The van der Waals surface area contributed by atoms with Crippen molar-refractivity contribution < 1.29 is 33.8 Å². The van der Waals surface area contributed by atoms with Crippen LogP contribution in [-0.4, -0.2) is 74.9 Å². The Bertz CT molecular complexity index is 1390. The number of carboxylic acid groups (broad SMARTS) is 1. The Morgan fingerprint density at radius 2 is 1.95 bits per heavy atom. The van der Waals surface area contributed by atoms with Crippen LogP contribution in [0.25, 0.3) is 0 Å². The van der Waals surface area contributed by atoms with Gasteiger partial charge in [0.1, 0.15) is 19.2 Å². The number of carbonyl (C=O) groups is 5. The van der Waals surface area contributed by atoms with E-state index in [1.54, 1.807) is 18.2 Å². The molecule has 1 saturated heterocycles. The average Bonchev–Trinajstić information content (AvgIpc) is 3.29. The Labute approximate surface area is 257 Å². The minimum atomic E-state index is -1.07. The molecule has 2 heterocycles. The zero-order valence-corrected chi connectivity index (χ0v) is 25.4. The van der Waals surface area contributed by atoms with Crippen LogP contribution in [0.5, 0.6) is 0 Å². The molecular weight excluding hydrogens is 592 g/mol. The third kappa shape index (κ3) is 8.77. The predicted octanol–water partition coefficient (Wildman–Crippen LogP) is 4.26. The van der Waals surface area contributed by atoms with Crippen molar-refractivity contribution in [3.63, 3.8) is 0 Å². The molecule has 4 amide bonds. The molecule has 2 aromatic rings. The van der Waals surface area contributed by atoms with Crippen molar-refractivity contribution in [2.45, 2.75) is 50.6 Å². The number of hydrogen-bond donors (Lipinski definition) is 3. The summed E-state index contributed by atoms with van der Waals surface area (Å²) in [7, 11) is 2.91. The zero-order valence-electron chi connectivity index (χ0n) is 23.7. The number of ether oxygens (including phenoxy) is 1. The molecule has 1 fully saturated rings. The summed E-state index contributed by atoms with van der Waals surface area (Å²) < 4.78 is 5.32. The molecule has 0 saturated carbocycles. The first-order valence-corrected chi connectivity index (χ1v) is 16.2. The first kappa shape index (κ1) is 32.0. The Balaban J connectivity index is 1.19. The number of carboxylic acids is 1. The van der Waals surface area contributed by atoms with Crippen LogP contribution in [0, 0.1) is 0 Å². The van der Waals surface area contributed by atoms with Gasteiger partial charge in [-0.15, -0.1) is 0 Å². The number of nitrogens with one attached hydrogen (secondary N) is 2. The highest BCUT2D eigenvalue weighted by Gasteiger charge is 2.39. The largest absolute Gasteiger partial charge is 0.480 e. The van der Waals surface area contributed by atoms with E-state index in [0.717, 1.165) is 5.56 Å². The summed E-state index contributed by atoms with van der Waals surface area (Å²) in [5.74, 6) is -1.36. The SMILES string of the molecule is C=C1CCC(N2Cc3c(NC(=O)OCCSS[C@@H](C)CC(=O)N(CC(=O)O)Cc4ccccc4)cccc3C2=O)C(=O)N1. The summed E-state index contributed by atoms with van der Waals surface area (Å²) in [5.41, 5.74) is 3.02. The van der Waals surface area contributed by atoms with Crippen LogP contribution in [0.2, 0.25) is 0 Å². The van der Waals surface area contributed by atoms with E-state index in [1.807, 2.05) is 37.3 Å². The van der Waals surface area contributed by atoms with E-state index >= 15 is 0 Å². The van der Waals surface area contributed by atoms with Gasteiger partial charge in [0.05, 0.1) is 0 Å². The number of piperidine rings is 1. The summed E-state index contributed by atoms with van der Waals surface area (Å²) in [5, 5.41) is 14.6. The van der Waals surface area contributed by atoms with Gasteiger partial charge in [0, 0.05) is 53.0 Å². The third-order valence-electron chi connectivity index (χ3n) is 6.92. The maximum atomic E-state index is 13.0. The molecule has 3 N–H and O–H groups in total. The molecule has 13 heteroatoms. The van der Waals surface area contributed by atoms with Crippen LogP contribution in [0.3, 0.4) is 0 Å². The summed E-state index contributed by atoms with van der Waals surface area (Å²) in [6.07, 6.45) is 0.596. The number of anilines is 1. The number of amides is 4. The number of nitrogens with zero attached hydrogens (tertiary/aromatic N) is 2. The third-order valence-corrected chi connectivity index (χ3v) is 9.78. The molecular formula is C30H34N4O7S2. The molecule has 4 rings (SSSR count). The van der Waals surface area contributed by atoms with Crippen LogP contribution in [-0.2, 0) is 32.2 Å². The van der Waals surface area contributed by atoms with Gasteiger partial charge in [-0.05, 0) is 30.5 Å². The molecule has 2 aromatic carbocycles. The maximum Gasteiger partial charge on any atom is 0.411 e. The lowest BCUT2D eigenvalue weighted by Gasteiger charge is -2.31. The fourth-order valence-electron chi connectivity index (χ4n) is 4.87. The number of rotatable bonds is 13. The van der Waals surface area contributed by atoms with E-state index in [4.69, 9.17) is 4.74 Å². The molecule has 2 aliphatic rings. The maximum absolute atomic E-state index is 13.0. The molecule has 0 radical (unpaired) electrons. The zero-order chi connectivity index (χ0) is 30.9. The highest BCUT2D eigenvalue weighted by molar-refractivity contribution is 8.76. The summed E-state index contributed by atoms with van der Waals surface area (Å²) in [6, 6.07) is 13.7. The first-order valence-electron chi connectivity index (χ1n) is 13.8. The Morgan fingerprint density at radius 1 is 1.19 bits per heavy atom. The van der Waals surface area contributed by atoms with Gasteiger partial charge >= 0.3 is 12.1 Å². The highest BCUT2D eigenvalue weighted by Crippen LogP contribution is 2.33. The van der Waals surface area contributed by atoms with E-state index in [1.165, 1.54) is 31.4 Å². The van der Waals surface area contributed by atoms with Crippen molar-refractivity contribution in [2.24, 2.45) is 0 Å². The summed E-state index contributed by atoms with van der Waals surface area (Å²) in [6.45, 7) is 5.84. The Morgan fingerprint density at radius 3 is 2.67 bits per heavy atom. The van der Waals surface area contributed by atoms with Gasteiger partial charge in [0.2, 0.25) is 11.8 Å². The van der Waals surface area contributed by atoms with Crippen molar-refractivity contribution in [1.82, 2.24) is 15.1 Å². The lowest BCUT2D eigenvalue weighted by Crippen LogP contribution is -2.49. The topological polar surface area (TPSA) is 145 Å². The van der Waals surface area contributed by atoms with Gasteiger partial charge in [-0.1, -0.05) is 71.5 Å². The van der Waals surface area contributed by atoms with Crippen LogP contribution in [0.15, 0.2) is 60.8 Å². The number of aliphatic carboxylic acids is 1. The normalized spacial score (nSPS) is 16.7. The Kier molecular flexibility index (Phi) is 11.1. The second-order valence-corrected chi connectivity index (χ2v) is 13.2. The molecule has 11 nitrogen and oxygen atoms in total. The van der Waals surface area contributed by atoms with Gasteiger partial charge in [-0.3, -0.25) is 24.5 Å². The monoisotopic (exact) mass is 626 g/mol. The van der Waals surface area contributed by atoms with Crippen molar-refractivity contribution in [1.29, 1.82) is 0 Å². The lowest BCUT2D eigenvalue weighted by atomic mass is 10.0. The van der Waals surface area contributed by atoms with Crippen LogP contribution in [0.1, 0.15) is 47.7 Å². The molecule has 2 aliphatic heterocycles. The number of benzene rings is 2. The molecule has 0 aliphatic carbocycles. The minimum Gasteiger partial charge on any atom is -0.480 e. The van der Waals surface area contributed by atoms with Gasteiger partial charge in [-0.25, -0.2) is 4.79 Å².